The number of nitrogens with two attached hydrogens (primary N) is 2. The van der Waals surface area contributed by atoms with Gasteiger partial charge >= 0.3 is 0 Å². The fourth-order valence-corrected chi connectivity index (χ4v) is 5.00. The van der Waals surface area contributed by atoms with Crippen molar-refractivity contribution in [2.45, 2.75) is 76.3 Å². The number of hydrogen-bond donors (Lipinski definition) is 5. The van der Waals surface area contributed by atoms with Crippen LogP contribution in [0.25, 0.3) is 0 Å². The number of hydrogen-bond acceptors (Lipinski definition) is 7. The highest BCUT2D eigenvalue weighted by Gasteiger charge is 2.23. The highest BCUT2D eigenvalue weighted by molar-refractivity contribution is 8.14. The Labute approximate surface area is 234 Å². The topological polar surface area (TPSA) is 159 Å². The highest BCUT2D eigenvalue weighted by atomic mass is 32.2. The third-order valence-corrected chi connectivity index (χ3v) is 7.46. The van der Waals surface area contributed by atoms with Crippen molar-refractivity contribution < 1.29 is 9.59 Å². The van der Waals surface area contributed by atoms with Crippen molar-refractivity contribution in [2.24, 2.45) is 21.6 Å². The first kappa shape index (κ1) is 30.0. The van der Waals surface area contributed by atoms with E-state index in [0.717, 1.165) is 41.0 Å². The van der Waals surface area contributed by atoms with Crippen molar-refractivity contribution in [3.8, 4) is 0 Å². The molecule has 1 aliphatic rings. The summed E-state index contributed by atoms with van der Waals surface area (Å²) in [4.78, 5) is 28.8. The number of thioether (sulfide) groups is 1. The lowest BCUT2D eigenvalue weighted by atomic mass is 10.0. The quantitative estimate of drug-likeness (QED) is 0.134. The molecule has 7 N–H and O–H groups in total. The first-order valence-corrected chi connectivity index (χ1v) is 14.2. The summed E-state index contributed by atoms with van der Waals surface area (Å²) < 4.78 is 0. The van der Waals surface area contributed by atoms with Gasteiger partial charge in [-0.05, 0) is 62.6 Å². The molecule has 0 saturated heterocycles. The van der Waals surface area contributed by atoms with Gasteiger partial charge in [-0.3, -0.25) is 15.0 Å². The van der Waals surface area contributed by atoms with Crippen LogP contribution in [0.3, 0.4) is 0 Å². The summed E-state index contributed by atoms with van der Waals surface area (Å²) in [5, 5.41) is 16.5. The number of nitrogens with one attached hydrogen (secondary N) is 3. The van der Waals surface area contributed by atoms with Crippen molar-refractivity contribution in [1.82, 2.24) is 10.7 Å². The summed E-state index contributed by atoms with van der Waals surface area (Å²) in [6.45, 7) is 3.79. The van der Waals surface area contributed by atoms with Crippen molar-refractivity contribution >= 4 is 40.2 Å². The summed E-state index contributed by atoms with van der Waals surface area (Å²) in [6, 6.07) is 17.2. The fraction of sp³-hybridized carbons (Fsp3) is 0.414. The van der Waals surface area contributed by atoms with Gasteiger partial charge in [0.05, 0.1) is 17.4 Å². The molecule has 1 aliphatic heterocycles. The zero-order valence-electron chi connectivity index (χ0n) is 22.7. The first-order valence-electron chi connectivity index (χ1n) is 13.3. The molecule has 0 radical (unpaired) electrons. The molecule has 3 rings (SSSR count). The normalized spacial score (nSPS) is 16.6. The van der Waals surface area contributed by atoms with Crippen LogP contribution in [0.1, 0.15) is 81.0 Å². The minimum Gasteiger partial charge on any atom is -0.387 e. The van der Waals surface area contributed by atoms with Crippen LogP contribution in [0.2, 0.25) is 0 Å². The van der Waals surface area contributed by atoms with Gasteiger partial charge in [0.1, 0.15) is 5.84 Å². The second kappa shape index (κ2) is 15.2. The number of unbranched alkanes of at least 4 members (excludes halogenated alkanes) is 1. The van der Waals surface area contributed by atoms with E-state index in [1.165, 1.54) is 11.8 Å². The summed E-state index contributed by atoms with van der Waals surface area (Å²) in [5.41, 5.74) is 18.0. The molecule has 208 valence electrons. The minimum atomic E-state index is -0.298. The van der Waals surface area contributed by atoms with Crippen LogP contribution in [0.4, 0.5) is 0 Å². The molecule has 10 heteroatoms. The first-order chi connectivity index (χ1) is 18.7. The van der Waals surface area contributed by atoms with Gasteiger partial charge in [-0.15, -0.1) is 0 Å². The molecule has 0 fully saturated rings. The maximum Gasteiger partial charge on any atom is 0.251 e. The summed E-state index contributed by atoms with van der Waals surface area (Å²) >= 11 is 1.52. The van der Waals surface area contributed by atoms with E-state index in [0.29, 0.717) is 25.0 Å². The lowest BCUT2D eigenvalue weighted by Gasteiger charge is -2.16. The van der Waals surface area contributed by atoms with E-state index in [1.54, 1.807) is 0 Å². The van der Waals surface area contributed by atoms with Crippen molar-refractivity contribution in [3.63, 3.8) is 0 Å². The van der Waals surface area contributed by atoms with Crippen LogP contribution in [0.15, 0.2) is 64.7 Å². The minimum absolute atomic E-state index is 0.0453. The Bertz CT molecular complexity index is 1200. The lowest BCUT2D eigenvalue weighted by Crippen LogP contribution is -2.40. The number of aliphatic imine (C=N–C) groups is 1. The average Bonchev–Trinajstić information content (AvgIpc) is 3.37. The smallest absolute Gasteiger partial charge is 0.251 e. The molecule has 0 saturated carbocycles. The summed E-state index contributed by atoms with van der Waals surface area (Å²) in [7, 11) is 0. The molecule has 0 spiro atoms. The number of carbonyl (C=O) groups is 2. The zero-order valence-corrected chi connectivity index (χ0v) is 23.5. The van der Waals surface area contributed by atoms with Crippen LogP contribution in [0, 0.1) is 5.41 Å². The van der Waals surface area contributed by atoms with Gasteiger partial charge in [-0.2, -0.15) is 5.10 Å². The van der Waals surface area contributed by atoms with E-state index in [2.05, 4.69) is 20.8 Å². The Morgan fingerprint density at radius 3 is 2.56 bits per heavy atom. The molecule has 1 heterocycles. The summed E-state index contributed by atoms with van der Waals surface area (Å²) in [5.74, 6) is -0.326. The molecule has 0 bridgehead atoms. The Hall–Kier alpha value is -3.50. The molecule has 2 aromatic rings. The largest absolute Gasteiger partial charge is 0.387 e. The number of carbonyl (C=O) groups excluding carboxylic acids is 2. The lowest BCUT2D eigenvalue weighted by molar-refractivity contribution is -0.122. The Kier molecular flexibility index (Phi) is 11.7. The van der Waals surface area contributed by atoms with Crippen LogP contribution >= 0.6 is 11.8 Å². The SMILES string of the molecule is CC(N)c1cccc(CC(=O)N=C(N)CCC(=N)CCCCC2=NNC(NC(=O)C(C)c3ccccc3)S2)c1. The van der Waals surface area contributed by atoms with E-state index in [1.807, 2.05) is 68.4 Å². The predicted octanol–water partition coefficient (Wildman–Crippen LogP) is 4.35. The molecular formula is C29H39N7O2S. The van der Waals surface area contributed by atoms with Gasteiger partial charge in [0.25, 0.3) is 5.91 Å². The maximum absolute atomic E-state index is 12.5. The molecule has 0 aromatic heterocycles. The van der Waals surface area contributed by atoms with Gasteiger partial charge in [0, 0.05) is 18.2 Å². The monoisotopic (exact) mass is 549 g/mol. The molecule has 2 amide bonds. The van der Waals surface area contributed by atoms with Crippen LogP contribution in [0.5, 0.6) is 0 Å². The van der Waals surface area contributed by atoms with E-state index in [4.69, 9.17) is 16.9 Å². The van der Waals surface area contributed by atoms with Crippen LogP contribution in [-0.4, -0.2) is 33.9 Å². The standard InChI is InChI=1S/C29H39N7O2S/c1-19(22-10-4-3-5-11-22)28(38)34-29-36-35-27(39-29)14-7-6-13-24(31)15-16-25(32)33-26(37)18-21-9-8-12-23(17-21)20(2)30/h3-5,8-12,17,19-20,29,31,36H,6-7,13-16,18,30H2,1-2H3,(H,34,38)(H2,32,33,37). The van der Waals surface area contributed by atoms with Gasteiger partial charge in [-0.1, -0.05) is 66.4 Å². The summed E-state index contributed by atoms with van der Waals surface area (Å²) in [6.07, 6.45) is 4.23. The maximum atomic E-state index is 12.5. The third kappa shape index (κ3) is 10.3. The predicted molar refractivity (Wildman–Crippen MR) is 160 cm³/mol. The van der Waals surface area contributed by atoms with Crippen LogP contribution in [-0.2, 0) is 16.0 Å². The molecular weight excluding hydrogens is 510 g/mol. The second-order valence-corrected chi connectivity index (χ2v) is 11.0. The number of amidine groups is 1. The van der Waals surface area contributed by atoms with Crippen molar-refractivity contribution in [3.05, 3.63) is 71.3 Å². The van der Waals surface area contributed by atoms with E-state index in [-0.39, 0.29) is 41.5 Å². The number of hydrazone groups is 1. The molecule has 3 atom stereocenters. The number of rotatable bonds is 14. The molecule has 9 nitrogen and oxygen atoms in total. The highest BCUT2D eigenvalue weighted by Crippen LogP contribution is 2.22. The molecule has 2 aromatic carbocycles. The Morgan fingerprint density at radius 2 is 1.82 bits per heavy atom. The number of benzene rings is 2. The van der Waals surface area contributed by atoms with Gasteiger partial charge < -0.3 is 22.2 Å². The van der Waals surface area contributed by atoms with Gasteiger partial charge in [0.2, 0.25) is 5.91 Å². The molecule has 0 aliphatic carbocycles. The van der Waals surface area contributed by atoms with Crippen molar-refractivity contribution in [1.29, 1.82) is 5.41 Å². The van der Waals surface area contributed by atoms with Gasteiger partial charge in [0.15, 0.2) is 5.50 Å². The Morgan fingerprint density at radius 1 is 1.08 bits per heavy atom. The Balaban J connectivity index is 1.28. The number of amides is 2. The fourth-order valence-electron chi connectivity index (χ4n) is 4.08. The van der Waals surface area contributed by atoms with E-state index >= 15 is 0 Å². The van der Waals surface area contributed by atoms with Crippen molar-refractivity contribution in [2.75, 3.05) is 0 Å². The molecule has 3 unspecified atom stereocenters. The molecule has 39 heavy (non-hydrogen) atoms. The van der Waals surface area contributed by atoms with E-state index in [9.17, 15) is 9.59 Å². The zero-order chi connectivity index (χ0) is 28.2. The van der Waals surface area contributed by atoms with E-state index < -0.39 is 0 Å². The van der Waals surface area contributed by atoms with Gasteiger partial charge in [-0.25, -0.2) is 4.99 Å². The van der Waals surface area contributed by atoms with Crippen LogP contribution < -0.4 is 22.2 Å². The third-order valence-electron chi connectivity index (χ3n) is 6.43. The average molecular weight is 550 g/mol. The second-order valence-electron chi connectivity index (χ2n) is 9.79. The number of nitrogens with zero attached hydrogens (tertiary/aromatic N) is 2.